The van der Waals surface area contributed by atoms with E-state index >= 15 is 0 Å². The van der Waals surface area contributed by atoms with Gasteiger partial charge >= 0.3 is 0 Å². The average molecular weight is 264 g/mol. The van der Waals surface area contributed by atoms with Gasteiger partial charge in [-0.3, -0.25) is 10.1 Å². The number of nitrogens with one attached hydrogen (secondary N) is 1. The van der Waals surface area contributed by atoms with Crippen LogP contribution in [0, 0.1) is 6.92 Å². The van der Waals surface area contributed by atoms with E-state index in [1.54, 1.807) is 6.08 Å². The highest BCUT2D eigenvalue weighted by atomic mass is 32.1. The van der Waals surface area contributed by atoms with Gasteiger partial charge in [0.25, 0.3) is 0 Å². The minimum Gasteiger partial charge on any atom is -0.462 e. The first kappa shape index (κ1) is 12.8. The summed E-state index contributed by atoms with van der Waals surface area (Å²) in [6.07, 6.45) is 5.34. The number of nitrogens with zero attached hydrogens (tertiary/aromatic N) is 1. The molecular formula is C13H16N2O2S. The minimum absolute atomic E-state index is 0.221. The Balaban J connectivity index is 1.84. The lowest BCUT2D eigenvalue weighted by atomic mass is 10.4. The third kappa shape index (κ3) is 3.43. The number of furan rings is 1. The summed E-state index contributed by atoms with van der Waals surface area (Å²) in [6, 6.07) is 3.67. The minimum atomic E-state index is -0.221. The van der Waals surface area contributed by atoms with Gasteiger partial charge in [-0.25, -0.2) is 0 Å². The highest BCUT2D eigenvalue weighted by Crippen LogP contribution is 2.08. The Morgan fingerprint density at radius 3 is 2.78 bits per heavy atom. The fraction of sp³-hybridized carbons (Fsp3) is 0.385. The molecule has 1 aliphatic heterocycles. The zero-order chi connectivity index (χ0) is 13.0. The van der Waals surface area contributed by atoms with Crippen LogP contribution in [0.25, 0.3) is 6.08 Å². The number of likely N-dealkylation sites (tertiary alicyclic amines) is 1. The number of carbonyl (C=O) groups is 1. The molecule has 1 amide bonds. The predicted molar refractivity (Wildman–Crippen MR) is 74.0 cm³/mol. The fourth-order valence-corrected chi connectivity index (χ4v) is 2.13. The summed E-state index contributed by atoms with van der Waals surface area (Å²) in [5.74, 6) is 1.26. The first-order chi connectivity index (χ1) is 8.65. The standard InChI is InChI=1S/C13H16N2O2S/c1-10-4-5-11(17-10)6-7-12(16)14-13(18)15-8-2-3-9-15/h4-7H,2-3,8-9H2,1H3,(H,14,16,18)/b7-6+. The molecule has 0 spiro atoms. The van der Waals surface area contributed by atoms with Crippen LogP contribution < -0.4 is 5.32 Å². The van der Waals surface area contributed by atoms with Crippen molar-refractivity contribution in [2.75, 3.05) is 13.1 Å². The Morgan fingerprint density at radius 1 is 1.44 bits per heavy atom. The lowest BCUT2D eigenvalue weighted by molar-refractivity contribution is -0.115. The van der Waals surface area contributed by atoms with Crippen LogP contribution in [0.5, 0.6) is 0 Å². The maximum atomic E-state index is 11.6. The maximum Gasteiger partial charge on any atom is 0.250 e. The zero-order valence-electron chi connectivity index (χ0n) is 10.3. The third-order valence-electron chi connectivity index (χ3n) is 2.78. The van der Waals surface area contributed by atoms with Gasteiger partial charge in [0.05, 0.1) is 0 Å². The van der Waals surface area contributed by atoms with Crippen molar-refractivity contribution in [1.29, 1.82) is 0 Å². The number of carbonyl (C=O) groups excluding carboxylic acids is 1. The summed E-state index contributed by atoms with van der Waals surface area (Å²) in [4.78, 5) is 13.6. The van der Waals surface area contributed by atoms with Crippen LogP contribution in [0.1, 0.15) is 24.4 Å². The van der Waals surface area contributed by atoms with Crippen LogP contribution in [0.4, 0.5) is 0 Å². The van der Waals surface area contributed by atoms with Crippen molar-refractivity contribution in [2.45, 2.75) is 19.8 Å². The van der Waals surface area contributed by atoms with Crippen molar-refractivity contribution >= 4 is 29.3 Å². The van der Waals surface area contributed by atoms with Crippen molar-refractivity contribution < 1.29 is 9.21 Å². The maximum absolute atomic E-state index is 11.6. The fourth-order valence-electron chi connectivity index (χ4n) is 1.85. The smallest absolute Gasteiger partial charge is 0.250 e. The van der Waals surface area contributed by atoms with Gasteiger partial charge in [-0.1, -0.05) is 0 Å². The van der Waals surface area contributed by atoms with E-state index < -0.39 is 0 Å². The molecule has 2 heterocycles. The predicted octanol–water partition coefficient (Wildman–Crippen LogP) is 2.10. The molecule has 0 atom stereocenters. The van der Waals surface area contributed by atoms with E-state index in [-0.39, 0.29) is 5.91 Å². The van der Waals surface area contributed by atoms with Crippen LogP contribution >= 0.6 is 12.2 Å². The van der Waals surface area contributed by atoms with Crippen LogP contribution in [0.3, 0.4) is 0 Å². The van der Waals surface area contributed by atoms with Gasteiger partial charge in [0, 0.05) is 19.2 Å². The van der Waals surface area contributed by atoms with Gasteiger partial charge in [-0.05, 0) is 50.2 Å². The van der Waals surface area contributed by atoms with Crippen LogP contribution in [-0.2, 0) is 4.79 Å². The van der Waals surface area contributed by atoms with Crippen LogP contribution in [-0.4, -0.2) is 29.0 Å². The number of amides is 1. The molecule has 0 saturated carbocycles. The summed E-state index contributed by atoms with van der Waals surface area (Å²) in [5.41, 5.74) is 0. The number of thiocarbonyl (C=S) groups is 1. The quantitative estimate of drug-likeness (QED) is 0.656. The highest BCUT2D eigenvalue weighted by Gasteiger charge is 2.15. The molecule has 0 radical (unpaired) electrons. The van der Waals surface area contributed by atoms with Gasteiger partial charge in [0.15, 0.2) is 5.11 Å². The van der Waals surface area contributed by atoms with E-state index in [9.17, 15) is 4.79 Å². The molecule has 0 unspecified atom stereocenters. The highest BCUT2D eigenvalue weighted by molar-refractivity contribution is 7.80. The Kier molecular flexibility index (Phi) is 4.15. The average Bonchev–Trinajstić information content (AvgIpc) is 2.97. The molecule has 1 saturated heterocycles. The largest absolute Gasteiger partial charge is 0.462 e. The third-order valence-corrected chi connectivity index (χ3v) is 3.14. The van der Waals surface area contributed by atoms with E-state index in [1.165, 1.54) is 6.08 Å². The van der Waals surface area contributed by atoms with Crippen LogP contribution in [0.15, 0.2) is 22.6 Å². The molecule has 0 bridgehead atoms. The van der Waals surface area contributed by atoms with Crippen molar-refractivity contribution in [3.05, 3.63) is 29.7 Å². The number of aryl methyl sites for hydroxylation is 1. The molecule has 0 aliphatic carbocycles. The van der Waals surface area contributed by atoms with E-state index in [0.717, 1.165) is 31.7 Å². The molecule has 1 fully saturated rings. The topological polar surface area (TPSA) is 45.5 Å². The SMILES string of the molecule is Cc1ccc(/C=C/C(=O)NC(=S)N2CCCC2)o1. The molecular weight excluding hydrogens is 248 g/mol. The molecule has 4 nitrogen and oxygen atoms in total. The second-order valence-electron chi connectivity index (χ2n) is 4.27. The van der Waals surface area contributed by atoms with Crippen LogP contribution in [0.2, 0.25) is 0 Å². The van der Waals surface area contributed by atoms with Crippen molar-refractivity contribution in [1.82, 2.24) is 10.2 Å². The van der Waals surface area contributed by atoms with E-state index in [4.69, 9.17) is 16.6 Å². The Morgan fingerprint density at radius 2 is 2.17 bits per heavy atom. The summed E-state index contributed by atoms with van der Waals surface area (Å²) in [6.45, 7) is 3.72. The Labute approximate surface area is 112 Å². The number of hydrogen-bond acceptors (Lipinski definition) is 3. The van der Waals surface area contributed by atoms with Gasteiger partial charge in [-0.2, -0.15) is 0 Å². The lowest BCUT2D eigenvalue weighted by Crippen LogP contribution is -2.40. The summed E-state index contributed by atoms with van der Waals surface area (Å²) in [5, 5.41) is 3.20. The van der Waals surface area contributed by atoms with E-state index in [1.807, 2.05) is 24.0 Å². The molecule has 5 heteroatoms. The lowest BCUT2D eigenvalue weighted by Gasteiger charge is -2.17. The summed E-state index contributed by atoms with van der Waals surface area (Å²) < 4.78 is 5.33. The number of rotatable bonds is 2. The second-order valence-corrected chi connectivity index (χ2v) is 4.66. The van der Waals surface area contributed by atoms with Crippen molar-refractivity contribution in [3.8, 4) is 0 Å². The zero-order valence-corrected chi connectivity index (χ0v) is 11.1. The monoisotopic (exact) mass is 264 g/mol. The molecule has 1 aromatic heterocycles. The van der Waals surface area contributed by atoms with E-state index in [0.29, 0.717) is 10.9 Å². The molecule has 1 N–H and O–H groups in total. The summed E-state index contributed by atoms with van der Waals surface area (Å²) >= 11 is 5.16. The molecule has 96 valence electrons. The van der Waals surface area contributed by atoms with Crippen molar-refractivity contribution in [3.63, 3.8) is 0 Å². The number of hydrogen-bond donors (Lipinski definition) is 1. The first-order valence-corrected chi connectivity index (χ1v) is 6.40. The molecule has 0 aromatic carbocycles. The van der Waals surface area contributed by atoms with Crippen molar-refractivity contribution in [2.24, 2.45) is 0 Å². The molecule has 1 aromatic rings. The van der Waals surface area contributed by atoms with E-state index in [2.05, 4.69) is 5.32 Å². The molecule has 1 aliphatic rings. The van der Waals surface area contributed by atoms with Gasteiger partial charge in [0.2, 0.25) is 5.91 Å². The Bertz CT molecular complexity index is 473. The van der Waals surface area contributed by atoms with Gasteiger partial charge in [-0.15, -0.1) is 0 Å². The van der Waals surface area contributed by atoms with Gasteiger partial charge in [0.1, 0.15) is 11.5 Å². The normalized spacial score (nSPS) is 15.3. The second kappa shape index (κ2) is 5.82. The van der Waals surface area contributed by atoms with Gasteiger partial charge < -0.3 is 9.32 Å². The molecule has 18 heavy (non-hydrogen) atoms. The first-order valence-electron chi connectivity index (χ1n) is 5.99. The molecule has 2 rings (SSSR count). The Hall–Kier alpha value is -1.62. The summed E-state index contributed by atoms with van der Waals surface area (Å²) in [7, 11) is 0.